The molecule has 1 aliphatic rings. The highest BCUT2D eigenvalue weighted by Crippen LogP contribution is 2.36. The van der Waals surface area contributed by atoms with Crippen LogP contribution in [0.2, 0.25) is 0 Å². The third-order valence-corrected chi connectivity index (χ3v) is 6.27. The maximum atomic E-state index is 12.4. The highest BCUT2D eigenvalue weighted by Gasteiger charge is 2.30. The Morgan fingerprint density at radius 3 is 2.71 bits per heavy atom. The lowest BCUT2D eigenvalue weighted by Gasteiger charge is -2.25. The fourth-order valence-corrected chi connectivity index (χ4v) is 4.62. The summed E-state index contributed by atoms with van der Waals surface area (Å²) in [5, 5.41) is 15.8. The number of carbonyl (C=O) groups is 2. The van der Waals surface area contributed by atoms with E-state index in [9.17, 15) is 14.9 Å². The van der Waals surface area contributed by atoms with Crippen molar-refractivity contribution >= 4 is 45.2 Å². The fraction of sp³-hybridized carbons (Fsp3) is 0.261. The van der Waals surface area contributed by atoms with Gasteiger partial charge in [0.25, 0.3) is 0 Å². The monoisotopic (exact) mass is 499 g/mol. The molecule has 0 aliphatic carbocycles. The summed E-state index contributed by atoms with van der Waals surface area (Å²) in [5.41, 5.74) is 2.98. The predicted molar refractivity (Wildman–Crippen MR) is 126 cm³/mol. The molecule has 0 unspecified atom stereocenters. The molecule has 160 valence electrons. The second kappa shape index (κ2) is 10.5. The average Bonchev–Trinajstić information content (AvgIpc) is 2.74. The number of ether oxygens (including phenoxy) is 1. The first kappa shape index (κ1) is 22.9. The first-order valence-corrected chi connectivity index (χ1v) is 11.5. The number of nitrogens with one attached hydrogen (secondary N) is 2. The Morgan fingerprint density at radius 2 is 2.06 bits per heavy atom. The van der Waals surface area contributed by atoms with Crippen LogP contribution in [0.4, 0.5) is 5.69 Å². The molecular formula is C23H22BrN3O3S. The van der Waals surface area contributed by atoms with Gasteiger partial charge in [0.15, 0.2) is 0 Å². The Kier molecular flexibility index (Phi) is 7.77. The first-order chi connectivity index (χ1) is 14.9. The number of hydrogen-bond donors (Lipinski definition) is 2. The normalized spacial score (nSPS) is 15.8. The SMILES string of the molecule is CCOc1ccc([C@H]2CC(=O)NC(SCC(=O)Nc3ccc(Br)cc3C)=C2C#N)cc1. The Hall–Kier alpha value is -2.76. The summed E-state index contributed by atoms with van der Waals surface area (Å²) >= 11 is 4.56. The van der Waals surface area contributed by atoms with Crippen LogP contribution in [-0.2, 0) is 9.59 Å². The first-order valence-electron chi connectivity index (χ1n) is 9.77. The Balaban J connectivity index is 1.74. The van der Waals surface area contributed by atoms with Crippen molar-refractivity contribution in [2.45, 2.75) is 26.2 Å². The van der Waals surface area contributed by atoms with Crippen molar-refractivity contribution in [3.8, 4) is 11.8 Å². The Labute approximate surface area is 194 Å². The van der Waals surface area contributed by atoms with Crippen LogP contribution in [0.1, 0.15) is 30.4 Å². The van der Waals surface area contributed by atoms with Crippen LogP contribution in [0.15, 0.2) is 57.5 Å². The number of rotatable bonds is 7. The van der Waals surface area contributed by atoms with Crippen molar-refractivity contribution < 1.29 is 14.3 Å². The molecule has 1 atom stereocenters. The number of thioether (sulfide) groups is 1. The van der Waals surface area contributed by atoms with Gasteiger partial charge in [-0.15, -0.1) is 0 Å². The van der Waals surface area contributed by atoms with Crippen molar-refractivity contribution in [1.82, 2.24) is 5.32 Å². The standard InChI is InChI=1S/C23H22BrN3O3S/c1-3-30-17-7-4-15(5-8-17)18-11-21(28)27-23(19(18)12-25)31-13-22(29)26-20-9-6-16(24)10-14(20)2/h4-10,18H,3,11,13H2,1-2H3,(H,26,29)(H,27,28)/t18-/m1/s1. The number of halogens is 1. The summed E-state index contributed by atoms with van der Waals surface area (Å²) in [4.78, 5) is 24.7. The number of benzene rings is 2. The molecular weight excluding hydrogens is 478 g/mol. The average molecular weight is 500 g/mol. The van der Waals surface area contributed by atoms with Crippen LogP contribution in [0.5, 0.6) is 5.75 Å². The van der Waals surface area contributed by atoms with Crippen LogP contribution < -0.4 is 15.4 Å². The van der Waals surface area contributed by atoms with Gasteiger partial charge in [-0.25, -0.2) is 0 Å². The molecule has 3 rings (SSSR count). The van der Waals surface area contributed by atoms with E-state index in [2.05, 4.69) is 32.6 Å². The topological polar surface area (TPSA) is 91.2 Å². The van der Waals surface area contributed by atoms with Gasteiger partial charge in [-0.2, -0.15) is 5.26 Å². The lowest BCUT2D eigenvalue weighted by Crippen LogP contribution is -2.31. The zero-order chi connectivity index (χ0) is 22.4. The largest absolute Gasteiger partial charge is 0.494 e. The lowest BCUT2D eigenvalue weighted by atomic mass is 9.87. The van der Waals surface area contributed by atoms with Gasteiger partial charge in [-0.1, -0.05) is 39.8 Å². The molecule has 1 heterocycles. The molecule has 0 radical (unpaired) electrons. The van der Waals surface area contributed by atoms with E-state index in [1.165, 1.54) is 0 Å². The molecule has 0 bridgehead atoms. The summed E-state index contributed by atoms with van der Waals surface area (Å²) < 4.78 is 6.40. The van der Waals surface area contributed by atoms with E-state index in [-0.39, 0.29) is 29.9 Å². The minimum absolute atomic E-state index is 0.0757. The number of anilines is 1. The van der Waals surface area contributed by atoms with Gasteiger partial charge >= 0.3 is 0 Å². The van der Waals surface area contributed by atoms with Gasteiger partial charge in [0, 0.05) is 22.5 Å². The number of aryl methyl sites for hydroxylation is 1. The molecule has 31 heavy (non-hydrogen) atoms. The van der Waals surface area contributed by atoms with Gasteiger partial charge in [0.2, 0.25) is 11.8 Å². The number of amides is 2. The minimum Gasteiger partial charge on any atom is -0.494 e. The predicted octanol–water partition coefficient (Wildman–Crippen LogP) is 4.87. The smallest absolute Gasteiger partial charge is 0.234 e. The van der Waals surface area contributed by atoms with E-state index in [0.717, 1.165) is 38.8 Å². The molecule has 2 N–H and O–H groups in total. The Morgan fingerprint density at radius 1 is 1.32 bits per heavy atom. The summed E-state index contributed by atoms with van der Waals surface area (Å²) in [5.74, 6) is 0.0751. The molecule has 6 nitrogen and oxygen atoms in total. The van der Waals surface area contributed by atoms with E-state index in [1.54, 1.807) is 0 Å². The van der Waals surface area contributed by atoms with E-state index < -0.39 is 0 Å². The molecule has 8 heteroatoms. The number of nitriles is 1. The van der Waals surface area contributed by atoms with Crippen LogP contribution in [0.3, 0.4) is 0 Å². The van der Waals surface area contributed by atoms with E-state index in [4.69, 9.17) is 4.74 Å². The molecule has 0 aromatic heterocycles. The van der Waals surface area contributed by atoms with Crippen molar-refractivity contribution in [2.24, 2.45) is 0 Å². The van der Waals surface area contributed by atoms with Crippen LogP contribution >= 0.6 is 27.7 Å². The molecule has 0 spiro atoms. The molecule has 0 saturated carbocycles. The third-order valence-electron chi connectivity index (χ3n) is 4.76. The van der Waals surface area contributed by atoms with Gasteiger partial charge in [-0.3, -0.25) is 9.59 Å². The van der Waals surface area contributed by atoms with Crippen molar-refractivity contribution in [3.05, 3.63) is 68.7 Å². The van der Waals surface area contributed by atoms with Crippen molar-refractivity contribution in [3.63, 3.8) is 0 Å². The molecule has 1 aliphatic heterocycles. The van der Waals surface area contributed by atoms with Crippen LogP contribution in [0.25, 0.3) is 0 Å². The van der Waals surface area contributed by atoms with Gasteiger partial charge in [0.1, 0.15) is 5.75 Å². The second-order valence-corrected chi connectivity index (χ2v) is 8.86. The molecule has 0 fully saturated rings. The molecule has 2 aromatic carbocycles. The zero-order valence-corrected chi connectivity index (χ0v) is 19.6. The molecule has 0 saturated heterocycles. The summed E-state index contributed by atoms with van der Waals surface area (Å²) in [6.45, 7) is 4.39. The van der Waals surface area contributed by atoms with E-state index in [1.807, 2.05) is 56.3 Å². The van der Waals surface area contributed by atoms with Gasteiger partial charge in [-0.05, 0) is 55.3 Å². The van der Waals surface area contributed by atoms with Crippen LogP contribution in [-0.4, -0.2) is 24.2 Å². The van der Waals surface area contributed by atoms with Crippen LogP contribution in [0, 0.1) is 18.3 Å². The maximum Gasteiger partial charge on any atom is 0.234 e. The summed E-state index contributed by atoms with van der Waals surface area (Å²) in [7, 11) is 0. The maximum absolute atomic E-state index is 12.4. The second-order valence-electron chi connectivity index (χ2n) is 6.96. The van der Waals surface area contributed by atoms with Crippen molar-refractivity contribution in [1.29, 1.82) is 5.26 Å². The van der Waals surface area contributed by atoms with Gasteiger partial charge < -0.3 is 15.4 Å². The zero-order valence-electron chi connectivity index (χ0n) is 17.2. The quantitative estimate of drug-likeness (QED) is 0.566. The summed E-state index contributed by atoms with van der Waals surface area (Å²) in [6.07, 6.45) is 0.186. The highest BCUT2D eigenvalue weighted by atomic mass is 79.9. The van der Waals surface area contributed by atoms with Crippen molar-refractivity contribution in [2.75, 3.05) is 17.7 Å². The molecule has 2 amide bonds. The lowest BCUT2D eigenvalue weighted by molar-refractivity contribution is -0.121. The minimum atomic E-state index is -0.353. The number of nitrogens with zero attached hydrogens (tertiary/aromatic N) is 1. The fourth-order valence-electron chi connectivity index (χ4n) is 3.27. The molecule has 2 aromatic rings. The third kappa shape index (κ3) is 5.90. The number of allylic oxidation sites excluding steroid dienone is 1. The highest BCUT2D eigenvalue weighted by molar-refractivity contribution is 9.10. The summed E-state index contributed by atoms with van der Waals surface area (Å²) in [6, 6.07) is 15.2. The van der Waals surface area contributed by atoms with E-state index in [0.29, 0.717) is 17.2 Å². The van der Waals surface area contributed by atoms with Gasteiger partial charge in [0.05, 0.1) is 29.0 Å². The Bertz CT molecular complexity index is 1060. The van der Waals surface area contributed by atoms with E-state index >= 15 is 0 Å². The number of hydrogen-bond acceptors (Lipinski definition) is 5. The number of carbonyl (C=O) groups excluding carboxylic acids is 2.